The van der Waals surface area contributed by atoms with Crippen LogP contribution in [0.1, 0.15) is 27.1 Å². The third-order valence-corrected chi connectivity index (χ3v) is 6.09. The lowest BCUT2D eigenvalue weighted by Gasteiger charge is -2.16. The van der Waals surface area contributed by atoms with Crippen molar-refractivity contribution in [3.8, 4) is 34.1 Å². The second-order valence-corrected chi connectivity index (χ2v) is 8.60. The number of aromatic nitrogens is 3. The highest BCUT2D eigenvalue weighted by molar-refractivity contribution is 5.91. The van der Waals surface area contributed by atoms with Crippen molar-refractivity contribution in [2.75, 3.05) is 13.7 Å². The van der Waals surface area contributed by atoms with Gasteiger partial charge in [0, 0.05) is 41.2 Å². The zero-order valence-corrected chi connectivity index (χ0v) is 21.0. The second-order valence-electron chi connectivity index (χ2n) is 8.60. The van der Waals surface area contributed by atoms with Crippen molar-refractivity contribution in [2.45, 2.75) is 13.3 Å². The van der Waals surface area contributed by atoms with E-state index in [4.69, 9.17) is 14.2 Å². The number of aryl methyl sites for hydroxylation is 1. The predicted octanol–water partition coefficient (Wildman–Crippen LogP) is 6.13. The summed E-state index contributed by atoms with van der Waals surface area (Å²) in [5, 5.41) is 0.724. The lowest BCUT2D eigenvalue weighted by atomic mass is 9.98. The molecular weight excluding hydrogens is 482 g/mol. The molecule has 5 rings (SSSR count). The van der Waals surface area contributed by atoms with Gasteiger partial charge in [0.15, 0.2) is 17.8 Å². The molecule has 0 unspecified atom stereocenters. The first kappa shape index (κ1) is 24.7. The van der Waals surface area contributed by atoms with Crippen molar-refractivity contribution in [1.82, 2.24) is 14.5 Å². The molecule has 2 aromatic heterocycles. The lowest BCUT2D eigenvalue weighted by Crippen LogP contribution is -2.12. The number of aldehydes is 1. The molecule has 2 heterocycles. The van der Waals surface area contributed by atoms with Crippen molar-refractivity contribution in [2.24, 2.45) is 0 Å². The number of rotatable bonds is 9. The Bertz CT molecular complexity index is 1610. The van der Waals surface area contributed by atoms with Gasteiger partial charge in [0.25, 0.3) is 0 Å². The summed E-state index contributed by atoms with van der Waals surface area (Å²) in [4.78, 5) is 32.3. The Kier molecular flexibility index (Phi) is 7.13. The first-order valence-electron chi connectivity index (χ1n) is 12.0. The van der Waals surface area contributed by atoms with Crippen LogP contribution in [0.3, 0.4) is 0 Å². The molecule has 0 atom stereocenters. The van der Waals surface area contributed by atoms with Gasteiger partial charge in [-0.1, -0.05) is 35.9 Å². The third kappa shape index (κ3) is 5.10. The van der Waals surface area contributed by atoms with Crippen LogP contribution >= 0.6 is 0 Å². The Labute approximate surface area is 219 Å². The predicted molar refractivity (Wildman–Crippen MR) is 143 cm³/mol. The number of fused-ring (bicyclic) bond motifs is 1. The molecular formula is C30H25N3O5. The summed E-state index contributed by atoms with van der Waals surface area (Å²) < 4.78 is 19.3. The maximum absolute atomic E-state index is 12.2. The van der Waals surface area contributed by atoms with Crippen LogP contribution in [0.2, 0.25) is 0 Å². The standard InChI is InChI=1S/C30H25N3O5/c1-20-7-8-26(23(15-20)22-6-4-3-5-21(22)18-34)38-27-9-11-32-25-17-29(28(36-2)16-24(25)27)37-14-10-30(35)33-13-12-31-19-33/h3-9,11-13,15-19H,10,14H2,1-2H3. The van der Waals surface area contributed by atoms with Crippen molar-refractivity contribution < 1.29 is 23.8 Å². The van der Waals surface area contributed by atoms with Gasteiger partial charge in [0.05, 0.1) is 25.7 Å². The van der Waals surface area contributed by atoms with Crippen LogP contribution < -0.4 is 14.2 Å². The number of ether oxygens (including phenoxy) is 3. The molecule has 0 fully saturated rings. The molecule has 0 saturated heterocycles. The SMILES string of the molecule is COc1cc2c(Oc3ccc(C)cc3-c3ccccc3C=O)ccnc2cc1OCCC(=O)n1ccnc1. The molecule has 5 aromatic rings. The molecule has 190 valence electrons. The minimum Gasteiger partial charge on any atom is -0.493 e. The summed E-state index contributed by atoms with van der Waals surface area (Å²) in [6, 6.07) is 18.6. The minimum atomic E-state index is -0.124. The van der Waals surface area contributed by atoms with Crippen LogP contribution in [0.4, 0.5) is 0 Å². The fraction of sp³-hybridized carbons (Fsp3) is 0.133. The fourth-order valence-corrected chi connectivity index (χ4v) is 4.18. The number of benzene rings is 3. The van der Waals surface area contributed by atoms with Gasteiger partial charge in [0.2, 0.25) is 5.91 Å². The molecule has 8 heteroatoms. The number of nitrogens with zero attached hydrogens (tertiary/aromatic N) is 3. The monoisotopic (exact) mass is 507 g/mol. The van der Waals surface area contributed by atoms with Crippen molar-refractivity contribution in [3.05, 3.63) is 96.7 Å². The maximum Gasteiger partial charge on any atom is 0.235 e. The van der Waals surface area contributed by atoms with E-state index in [2.05, 4.69) is 9.97 Å². The van der Waals surface area contributed by atoms with E-state index >= 15 is 0 Å². The van der Waals surface area contributed by atoms with Gasteiger partial charge < -0.3 is 14.2 Å². The number of pyridine rings is 1. The Hall–Kier alpha value is -4.98. The van der Waals surface area contributed by atoms with E-state index in [1.54, 1.807) is 50.0 Å². The number of hydrogen-bond donors (Lipinski definition) is 0. The largest absolute Gasteiger partial charge is 0.493 e. The van der Waals surface area contributed by atoms with E-state index in [0.29, 0.717) is 34.1 Å². The van der Waals surface area contributed by atoms with Crippen LogP contribution in [0, 0.1) is 6.92 Å². The topological polar surface area (TPSA) is 92.5 Å². The highest BCUT2D eigenvalue weighted by atomic mass is 16.5. The van der Waals surface area contributed by atoms with E-state index in [-0.39, 0.29) is 18.9 Å². The van der Waals surface area contributed by atoms with Gasteiger partial charge in [0.1, 0.15) is 17.8 Å². The minimum absolute atomic E-state index is 0.124. The van der Waals surface area contributed by atoms with Crippen LogP contribution in [-0.2, 0) is 0 Å². The van der Waals surface area contributed by atoms with E-state index < -0.39 is 0 Å². The van der Waals surface area contributed by atoms with Gasteiger partial charge in [-0.25, -0.2) is 4.98 Å². The molecule has 0 bridgehead atoms. The molecule has 0 aliphatic heterocycles. The van der Waals surface area contributed by atoms with Crippen molar-refractivity contribution in [1.29, 1.82) is 0 Å². The zero-order valence-electron chi connectivity index (χ0n) is 21.0. The van der Waals surface area contributed by atoms with Crippen LogP contribution in [-0.4, -0.2) is 40.4 Å². The maximum atomic E-state index is 12.2. The number of hydrogen-bond acceptors (Lipinski definition) is 7. The van der Waals surface area contributed by atoms with Crippen LogP contribution in [0.25, 0.3) is 22.0 Å². The number of carbonyl (C=O) groups excluding carboxylic acids is 2. The number of imidazole rings is 1. The van der Waals surface area contributed by atoms with E-state index in [0.717, 1.165) is 28.4 Å². The van der Waals surface area contributed by atoms with E-state index in [1.807, 2.05) is 43.3 Å². The summed E-state index contributed by atoms with van der Waals surface area (Å²) in [5.74, 6) is 2.01. The molecule has 0 aliphatic carbocycles. The third-order valence-electron chi connectivity index (χ3n) is 6.09. The second kappa shape index (κ2) is 11.0. The smallest absolute Gasteiger partial charge is 0.235 e. The van der Waals surface area contributed by atoms with Gasteiger partial charge >= 0.3 is 0 Å². The number of methoxy groups -OCH3 is 1. The molecule has 0 N–H and O–H groups in total. The summed E-state index contributed by atoms with van der Waals surface area (Å²) in [6.07, 6.45) is 7.29. The molecule has 3 aromatic carbocycles. The Morgan fingerprint density at radius 1 is 0.947 bits per heavy atom. The van der Waals surface area contributed by atoms with Crippen LogP contribution in [0.15, 0.2) is 85.6 Å². The first-order valence-corrected chi connectivity index (χ1v) is 12.0. The van der Waals surface area contributed by atoms with Gasteiger partial charge in [-0.15, -0.1) is 0 Å². The van der Waals surface area contributed by atoms with E-state index in [1.165, 1.54) is 10.9 Å². The van der Waals surface area contributed by atoms with Crippen LogP contribution in [0.5, 0.6) is 23.0 Å². The molecule has 38 heavy (non-hydrogen) atoms. The average molecular weight is 508 g/mol. The summed E-state index contributed by atoms with van der Waals surface area (Å²) in [7, 11) is 1.55. The first-order chi connectivity index (χ1) is 18.6. The highest BCUT2D eigenvalue weighted by Crippen LogP contribution is 2.40. The van der Waals surface area contributed by atoms with Gasteiger partial charge in [-0.05, 0) is 36.8 Å². The molecule has 0 radical (unpaired) electrons. The summed E-state index contributed by atoms with van der Waals surface area (Å²) >= 11 is 0. The highest BCUT2D eigenvalue weighted by Gasteiger charge is 2.16. The van der Waals surface area contributed by atoms with Gasteiger partial charge in [-0.3, -0.25) is 19.1 Å². The fourth-order valence-electron chi connectivity index (χ4n) is 4.18. The molecule has 8 nitrogen and oxygen atoms in total. The Morgan fingerprint density at radius 2 is 1.82 bits per heavy atom. The lowest BCUT2D eigenvalue weighted by molar-refractivity contribution is 0.0880. The molecule has 0 amide bonds. The summed E-state index contributed by atoms with van der Waals surface area (Å²) in [6.45, 7) is 2.16. The van der Waals surface area contributed by atoms with Gasteiger partial charge in [-0.2, -0.15) is 0 Å². The van der Waals surface area contributed by atoms with Crippen molar-refractivity contribution >= 4 is 23.1 Å². The Morgan fingerprint density at radius 3 is 2.61 bits per heavy atom. The van der Waals surface area contributed by atoms with E-state index in [9.17, 15) is 9.59 Å². The Balaban J connectivity index is 1.45. The molecule has 0 aliphatic rings. The number of carbonyl (C=O) groups is 2. The zero-order chi connectivity index (χ0) is 26.5. The quantitative estimate of drug-likeness (QED) is 0.222. The average Bonchev–Trinajstić information content (AvgIpc) is 3.49. The molecule has 0 saturated carbocycles. The van der Waals surface area contributed by atoms with Crippen molar-refractivity contribution in [3.63, 3.8) is 0 Å². The molecule has 0 spiro atoms. The summed E-state index contributed by atoms with van der Waals surface area (Å²) in [5.41, 5.74) is 3.87. The normalized spacial score (nSPS) is 10.8.